The van der Waals surface area contributed by atoms with E-state index in [0.29, 0.717) is 5.92 Å². The second-order valence-electron chi connectivity index (χ2n) is 4.01. The highest BCUT2D eigenvalue weighted by atomic mass is 32.2. The molecule has 0 bridgehead atoms. The zero-order valence-corrected chi connectivity index (χ0v) is 9.80. The highest BCUT2D eigenvalue weighted by molar-refractivity contribution is 7.98. The molecule has 1 fully saturated rings. The predicted octanol–water partition coefficient (Wildman–Crippen LogP) is 1.92. The van der Waals surface area contributed by atoms with E-state index in [1.54, 1.807) is 11.8 Å². The summed E-state index contributed by atoms with van der Waals surface area (Å²) in [5.74, 6) is 3.96. The molecule has 0 saturated heterocycles. The number of thioether (sulfide) groups is 1. The lowest BCUT2D eigenvalue weighted by molar-refractivity contribution is 0.375. The number of aromatic nitrogens is 2. The summed E-state index contributed by atoms with van der Waals surface area (Å²) < 4.78 is 5.17. The minimum Gasteiger partial charge on any atom is -0.339 e. The maximum Gasteiger partial charge on any atom is 0.229 e. The van der Waals surface area contributed by atoms with Crippen LogP contribution >= 0.6 is 11.8 Å². The van der Waals surface area contributed by atoms with Gasteiger partial charge in [0.25, 0.3) is 0 Å². The van der Waals surface area contributed by atoms with Crippen LogP contribution in [-0.4, -0.2) is 21.9 Å². The van der Waals surface area contributed by atoms with Gasteiger partial charge in [-0.1, -0.05) is 12.1 Å². The fourth-order valence-electron chi connectivity index (χ4n) is 1.24. The maximum atomic E-state index is 5.82. The average molecular weight is 227 g/mol. The first-order valence-corrected chi connectivity index (χ1v) is 6.61. The molecule has 0 aromatic carbocycles. The van der Waals surface area contributed by atoms with Gasteiger partial charge in [-0.3, -0.25) is 0 Å². The topological polar surface area (TPSA) is 64.9 Å². The van der Waals surface area contributed by atoms with Crippen LogP contribution in [-0.2, 0) is 5.75 Å². The molecule has 0 radical (unpaired) electrons. The van der Waals surface area contributed by atoms with Gasteiger partial charge in [0.1, 0.15) is 0 Å². The van der Waals surface area contributed by atoms with E-state index in [-0.39, 0.29) is 6.04 Å². The first kappa shape index (κ1) is 11.0. The van der Waals surface area contributed by atoms with Crippen LogP contribution in [0.4, 0.5) is 0 Å². The van der Waals surface area contributed by atoms with Crippen LogP contribution in [0, 0.1) is 0 Å². The predicted molar refractivity (Wildman–Crippen MR) is 60.7 cm³/mol. The number of rotatable bonds is 6. The first-order valence-electron chi connectivity index (χ1n) is 5.45. The Morgan fingerprint density at radius 3 is 3.07 bits per heavy atom. The van der Waals surface area contributed by atoms with Crippen molar-refractivity contribution in [3.05, 3.63) is 11.7 Å². The molecule has 1 aliphatic rings. The van der Waals surface area contributed by atoms with Crippen LogP contribution in [0.15, 0.2) is 4.52 Å². The summed E-state index contributed by atoms with van der Waals surface area (Å²) in [6, 6.07) is 0.282. The van der Waals surface area contributed by atoms with Gasteiger partial charge in [-0.2, -0.15) is 16.7 Å². The molecule has 1 atom stereocenters. The van der Waals surface area contributed by atoms with Crippen molar-refractivity contribution in [2.24, 2.45) is 5.73 Å². The Balaban J connectivity index is 1.73. The largest absolute Gasteiger partial charge is 0.339 e. The Morgan fingerprint density at radius 1 is 1.60 bits per heavy atom. The molecule has 1 heterocycles. The number of nitrogens with zero attached hydrogens (tertiary/aromatic N) is 2. The van der Waals surface area contributed by atoms with E-state index in [9.17, 15) is 0 Å². The molecular weight excluding hydrogens is 210 g/mol. The summed E-state index contributed by atoms with van der Waals surface area (Å²) in [4.78, 5) is 4.36. The fraction of sp³-hybridized carbons (Fsp3) is 0.800. The van der Waals surface area contributed by atoms with Crippen molar-refractivity contribution in [2.75, 3.05) is 5.75 Å². The standard InChI is InChI=1S/C10H17N3OS/c1-2-8(11)5-15-6-9-12-10(14-13-9)7-3-4-7/h7-8H,2-6,11H2,1H3. The highest BCUT2D eigenvalue weighted by Gasteiger charge is 2.29. The molecule has 2 rings (SSSR count). The van der Waals surface area contributed by atoms with Crippen LogP contribution in [0.5, 0.6) is 0 Å². The van der Waals surface area contributed by atoms with Crippen molar-refractivity contribution >= 4 is 11.8 Å². The average Bonchev–Trinajstić information content (AvgIpc) is 2.99. The fourth-order valence-corrected chi connectivity index (χ4v) is 2.20. The van der Waals surface area contributed by atoms with Gasteiger partial charge < -0.3 is 10.3 Å². The van der Waals surface area contributed by atoms with Crippen LogP contribution in [0.2, 0.25) is 0 Å². The Bertz CT molecular complexity index is 311. The second kappa shape index (κ2) is 4.99. The monoisotopic (exact) mass is 227 g/mol. The Morgan fingerprint density at radius 2 is 2.40 bits per heavy atom. The van der Waals surface area contributed by atoms with Gasteiger partial charge in [0, 0.05) is 17.7 Å². The third kappa shape index (κ3) is 3.21. The minimum atomic E-state index is 0.282. The lowest BCUT2D eigenvalue weighted by Crippen LogP contribution is -2.21. The Hall–Kier alpha value is -0.550. The molecule has 1 aromatic heterocycles. The molecule has 84 valence electrons. The quantitative estimate of drug-likeness (QED) is 0.804. The zero-order chi connectivity index (χ0) is 10.7. The third-order valence-corrected chi connectivity index (χ3v) is 3.62. The summed E-state index contributed by atoms with van der Waals surface area (Å²) >= 11 is 1.77. The maximum absolute atomic E-state index is 5.82. The number of hydrogen-bond acceptors (Lipinski definition) is 5. The van der Waals surface area contributed by atoms with Crippen molar-refractivity contribution in [1.82, 2.24) is 10.1 Å². The summed E-state index contributed by atoms with van der Waals surface area (Å²) in [6.07, 6.45) is 3.43. The SMILES string of the molecule is CCC(N)CSCc1noc(C2CC2)n1. The Labute approximate surface area is 94.0 Å². The summed E-state index contributed by atoms with van der Waals surface area (Å²) in [6.45, 7) is 2.10. The molecule has 0 aliphatic heterocycles. The lowest BCUT2D eigenvalue weighted by atomic mass is 10.3. The number of nitrogens with two attached hydrogens (primary N) is 1. The molecule has 1 aliphatic carbocycles. The molecule has 5 heteroatoms. The lowest BCUT2D eigenvalue weighted by Gasteiger charge is -2.05. The molecule has 0 amide bonds. The van der Waals surface area contributed by atoms with E-state index in [2.05, 4.69) is 17.1 Å². The van der Waals surface area contributed by atoms with Crippen molar-refractivity contribution in [2.45, 2.75) is 43.9 Å². The highest BCUT2D eigenvalue weighted by Crippen LogP contribution is 2.38. The van der Waals surface area contributed by atoms with Crippen LogP contribution < -0.4 is 5.73 Å². The molecule has 1 unspecified atom stereocenters. The van der Waals surface area contributed by atoms with Crippen LogP contribution in [0.3, 0.4) is 0 Å². The van der Waals surface area contributed by atoms with Gasteiger partial charge in [-0.25, -0.2) is 0 Å². The normalized spacial score (nSPS) is 18.0. The second-order valence-corrected chi connectivity index (χ2v) is 5.04. The van der Waals surface area contributed by atoms with Gasteiger partial charge in [0.05, 0.1) is 5.75 Å². The van der Waals surface area contributed by atoms with Crippen molar-refractivity contribution < 1.29 is 4.52 Å². The van der Waals surface area contributed by atoms with Crippen molar-refractivity contribution in [3.63, 3.8) is 0 Å². The Kier molecular flexibility index (Phi) is 3.64. The molecular formula is C10H17N3OS. The van der Waals surface area contributed by atoms with E-state index >= 15 is 0 Å². The summed E-state index contributed by atoms with van der Waals surface area (Å²) in [5.41, 5.74) is 5.82. The van der Waals surface area contributed by atoms with E-state index in [1.807, 2.05) is 0 Å². The smallest absolute Gasteiger partial charge is 0.229 e. The van der Waals surface area contributed by atoms with Crippen LogP contribution in [0.1, 0.15) is 43.8 Å². The third-order valence-electron chi connectivity index (χ3n) is 2.50. The van der Waals surface area contributed by atoms with Gasteiger partial charge >= 0.3 is 0 Å². The van der Waals surface area contributed by atoms with Gasteiger partial charge in [-0.15, -0.1) is 0 Å². The van der Waals surface area contributed by atoms with E-state index in [4.69, 9.17) is 10.3 Å². The van der Waals surface area contributed by atoms with Gasteiger partial charge in [0.2, 0.25) is 5.89 Å². The number of hydrogen-bond donors (Lipinski definition) is 1. The minimum absolute atomic E-state index is 0.282. The van der Waals surface area contributed by atoms with Crippen molar-refractivity contribution in [1.29, 1.82) is 0 Å². The van der Waals surface area contributed by atoms with Gasteiger partial charge in [0.15, 0.2) is 5.82 Å². The van der Waals surface area contributed by atoms with E-state index < -0.39 is 0 Å². The molecule has 2 N–H and O–H groups in total. The van der Waals surface area contributed by atoms with E-state index in [1.165, 1.54) is 12.8 Å². The zero-order valence-electron chi connectivity index (χ0n) is 8.98. The summed E-state index contributed by atoms with van der Waals surface area (Å²) in [5, 5.41) is 3.95. The molecule has 4 nitrogen and oxygen atoms in total. The molecule has 15 heavy (non-hydrogen) atoms. The summed E-state index contributed by atoms with van der Waals surface area (Å²) in [7, 11) is 0. The van der Waals surface area contributed by atoms with E-state index in [0.717, 1.165) is 29.6 Å². The van der Waals surface area contributed by atoms with Crippen molar-refractivity contribution in [3.8, 4) is 0 Å². The van der Waals surface area contributed by atoms with Crippen LogP contribution in [0.25, 0.3) is 0 Å². The molecule has 1 saturated carbocycles. The first-order chi connectivity index (χ1) is 7.29. The molecule has 1 aromatic rings. The molecule has 0 spiro atoms. The van der Waals surface area contributed by atoms with Gasteiger partial charge in [-0.05, 0) is 19.3 Å².